The van der Waals surface area contributed by atoms with Crippen LogP contribution in [0.5, 0.6) is 0 Å². The average Bonchev–Trinajstić information content (AvgIpc) is 2.76. The highest BCUT2D eigenvalue weighted by Gasteiger charge is 2.35. The minimum atomic E-state index is -0.0795. The Morgan fingerprint density at radius 2 is 2.17 bits per heavy atom. The molecule has 0 radical (unpaired) electrons. The minimum Gasteiger partial charge on any atom is -0.339 e. The lowest BCUT2D eigenvalue weighted by Crippen LogP contribution is -2.48. The number of hydrogen-bond acceptors (Lipinski definition) is 6. The molecule has 0 amide bonds. The standard InChI is InChI=1S/C12H19N3OS2/c1-8-10(18-6-5-17-8)11-14-9(16-15-11)7-12(13)3-2-4-12/h8,10H,2-7,13H2,1H3. The van der Waals surface area contributed by atoms with Gasteiger partial charge in [-0.3, -0.25) is 0 Å². The fraction of sp³-hybridized carbons (Fsp3) is 0.833. The molecular formula is C12H19N3OS2. The zero-order valence-corrected chi connectivity index (χ0v) is 12.2. The van der Waals surface area contributed by atoms with Gasteiger partial charge in [0, 0.05) is 28.7 Å². The highest BCUT2D eigenvalue weighted by molar-refractivity contribution is 8.06. The summed E-state index contributed by atoms with van der Waals surface area (Å²) in [6.45, 7) is 2.24. The van der Waals surface area contributed by atoms with E-state index in [0.29, 0.717) is 10.5 Å². The predicted molar refractivity (Wildman–Crippen MR) is 75.9 cm³/mol. The van der Waals surface area contributed by atoms with Crippen molar-refractivity contribution in [3.8, 4) is 0 Å². The van der Waals surface area contributed by atoms with Gasteiger partial charge in [-0.05, 0) is 19.3 Å². The van der Waals surface area contributed by atoms with Crippen molar-refractivity contribution in [2.45, 2.75) is 48.6 Å². The maximum Gasteiger partial charge on any atom is 0.228 e. The Balaban J connectivity index is 1.68. The van der Waals surface area contributed by atoms with Crippen molar-refractivity contribution >= 4 is 23.5 Å². The zero-order valence-electron chi connectivity index (χ0n) is 10.6. The van der Waals surface area contributed by atoms with Gasteiger partial charge in [0.15, 0.2) is 5.82 Å². The molecule has 3 rings (SSSR count). The first-order chi connectivity index (χ1) is 8.66. The summed E-state index contributed by atoms with van der Waals surface area (Å²) in [6.07, 6.45) is 4.12. The lowest BCUT2D eigenvalue weighted by atomic mass is 9.75. The topological polar surface area (TPSA) is 64.9 Å². The van der Waals surface area contributed by atoms with Gasteiger partial charge >= 0.3 is 0 Å². The van der Waals surface area contributed by atoms with Crippen LogP contribution in [0.4, 0.5) is 0 Å². The van der Waals surface area contributed by atoms with E-state index in [4.69, 9.17) is 10.3 Å². The predicted octanol–water partition coefficient (Wildman–Crippen LogP) is 2.40. The Kier molecular flexibility index (Phi) is 3.60. The summed E-state index contributed by atoms with van der Waals surface area (Å²) in [5.74, 6) is 3.97. The Morgan fingerprint density at radius 3 is 2.83 bits per heavy atom. The van der Waals surface area contributed by atoms with Crippen molar-refractivity contribution in [2.24, 2.45) is 5.73 Å². The fourth-order valence-electron chi connectivity index (χ4n) is 2.48. The van der Waals surface area contributed by atoms with E-state index in [1.54, 1.807) is 0 Å². The molecule has 0 spiro atoms. The molecule has 2 heterocycles. The van der Waals surface area contributed by atoms with Crippen molar-refractivity contribution in [3.63, 3.8) is 0 Å². The maximum atomic E-state index is 6.21. The smallest absolute Gasteiger partial charge is 0.228 e. The number of nitrogens with two attached hydrogens (primary N) is 1. The first-order valence-corrected chi connectivity index (χ1v) is 8.61. The first-order valence-electron chi connectivity index (χ1n) is 6.51. The lowest BCUT2D eigenvalue weighted by Gasteiger charge is -2.36. The van der Waals surface area contributed by atoms with Gasteiger partial charge in [-0.2, -0.15) is 16.7 Å². The highest BCUT2D eigenvalue weighted by Crippen LogP contribution is 2.41. The molecule has 4 nitrogen and oxygen atoms in total. The summed E-state index contributed by atoms with van der Waals surface area (Å²) in [4.78, 5) is 4.56. The van der Waals surface area contributed by atoms with Crippen molar-refractivity contribution in [1.82, 2.24) is 10.1 Å². The van der Waals surface area contributed by atoms with Crippen molar-refractivity contribution < 1.29 is 4.52 Å². The van der Waals surface area contributed by atoms with E-state index in [-0.39, 0.29) is 5.54 Å². The SMILES string of the molecule is CC1SCCSC1c1noc(CC2(N)CCC2)n1. The summed E-state index contributed by atoms with van der Waals surface area (Å²) in [5.41, 5.74) is 6.13. The van der Waals surface area contributed by atoms with E-state index in [1.165, 1.54) is 17.9 Å². The van der Waals surface area contributed by atoms with E-state index >= 15 is 0 Å². The summed E-state index contributed by atoms with van der Waals surface area (Å²) in [7, 11) is 0. The molecule has 1 saturated heterocycles. The molecule has 1 aromatic rings. The van der Waals surface area contributed by atoms with Crippen molar-refractivity contribution in [3.05, 3.63) is 11.7 Å². The molecule has 2 fully saturated rings. The number of rotatable bonds is 3. The van der Waals surface area contributed by atoms with Crippen LogP contribution in [0.2, 0.25) is 0 Å². The van der Waals surface area contributed by atoms with E-state index < -0.39 is 0 Å². The van der Waals surface area contributed by atoms with E-state index in [9.17, 15) is 0 Å². The maximum absolute atomic E-state index is 6.21. The molecular weight excluding hydrogens is 266 g/mol. The third kappa shape index (κ3) is 2.56. The van der Waals surface area contributed by atoms with E-state index in [1.807, 2.05) is 23.5 Å². The summed E-state index contributed by atoms with van der Waals surface area (Å²) in [6, 6.07) is 0. The molecule has 100 valence electrons. The summed E-state index contributed by atoms with van der Waals surface area (Å²) < 4.78 is 5.37. The van der Waals surface area contributed by atoms with E-state index in [0.717, 1.165) is 31.0 Å². The van der Waals surface area contributed by atoms with Crippen LogP contribution in [0.15, 0.2) is 4.52 Å². The van der Waals surface area contributed by atoms with Crippen LogP contribution in [-0.4, -0.2) is 32.4 Å². The van der Waals surface area contributed by atoms with Crippen LogP contribution in [0.1, 0.15) is 43.2 Å². The molecule has 1 aromatic heterocycles. The normalized spacial score (nSPS) is 31.0. The number of aromatic nitrogens is 2. The van der Waals surface area contributed by atoms with Crippen molar-refractivity contribution in [1.29, 1.82) is 0 Å². The zero-order chi connectivity index (χ0) is 12.6. The van der Waals surface area contributed by atoms with Gasteiger partial charge in [0.1, 0.15) is 0 Å². The summed E-state index contributed by atoms with van der Waals surface area (Å²) in [5, 5.41) is 5.09. The number of hydrogen-bond donors (Lipinski definition) is 1. The Labute approximate surface area is 116 Å². The van der Waals surface area contributed by atoms with Crippen LogP contribution < -0.4 is 5.73 Å². The fourth-order valence-corrected chi connectivity index (χ4v) is 5.16. The first kappa shape index (κ1) is 12.8. The monoisotopic (exact) mass is 285 g/mol. The Hall–Kier alpha value is -0.200. The minimum absolute atomic E-state index is 0.0795. The molecule has 6 heteroatoms. The second-order valence-corrected chi connectivity index (χ2v) is 8.04. The molecule has 1 saturated carbocycles. The van der Waals surface area contributed by atoms with Crippen LogP contribution in [0, 0.1) is 0 Å². The third-order valence-corrected chi connectivity index (χ3v) is 6.87. The summed E-state index contributed by atoms with van der Waals surface area (Å²) >= 11 is 3.93. The largest absolute Gasteiger partial charge is 0.339 e. The molecule has 1 aliphatic carbocycles. The molecule has 18 heavy (non-hydrogen) atoms. The molecule has 2 N–H and O–H groups in total. The van der Waals surface area contributed by atoms with Crippen LogP contribution in [-0.2, 0) is 6.42 Å². The molecule has 2 aliphatic rings. The number of thioether (sulfide) groups is 2. The van der Waals surface area contributed by atoms with Gasteiger partial charge < -0.3 is 10.3 Å². The Bertz CT molecular complexity index is 419. The highest BCUT2D eigenvalue weighted by atomic mass is 32.2. The van der Waals surface area contributed by atoms with Crippen molar-refractivity contribution in [2.75, 3.05) is 11.5 Å². The lowest BCUT2D eigenvalue weighted by molar-refractivity contribution is 0.221. The van der Waals surface area contributed by atoms with Gasteiger partial charge in [-0.15, -0.1) is 11.8 Å². The molecule has 0 bridgehead atoms. The van der Waals surface area contributed by atoms with Gasteiger partial charge in [-0.1, -0.05) is 12.1 Å². The van der Waals surface area contributed by atoms with Crippen LogP contribution in [0.25, 0.3) is 0 Å². The molecule has 1 aliphatic heterocycles. The van der Waals surface area contributed by atoms with E-state index in [2.05, 4.69) is 17.1 Å². The molecule has 2 atom stereocenters. The van der Waals surface area contributed by atoms with Crippen LogP contribution >= 0.6 is 23.5 Å². The second kappa shape index (κ2) is 5.06. The Morgan fingerprint density at radius 1 is 1.39 bits per heavy atom. The molecule has 2 unspecified atom stereocenters. The van der Waals surface area contributed by atoms with Gasteiger partial charge in [-0.25, -0.2) is 0 Å². The number of nitrogens with zero attached hydrogens (tertiary/aromatic N) is 2. The second-order valence-electron chi connectivity index (χ2n) is 5.31. The third-order valence-electron chi connectivity index (χ3n) is 3.78. The van der Waals surface area contributed by atoms with Gasteiger partial charge in [0.05, 0.1) is 5.25 Å². The van der Waals surface area contributed by atoms with Crippen LogP contribution in [0.3, 0.4) is 0 Å². The van der Waals surface area contributed by atoms with Gasteiger partial charge in [0.25, 0.3) is 0 Å². The van der Waals surface area contributed by atoms with Gasteiger partial charge in [0.2, 0.25) is 5.89 Å². The quantitative estimate of drug-likeness (QED) is 0.920. The average molecular weight is 285 g/mol. The molecule has 0 aromatic carbocycles.